The van der Waals surface area contributed by atoms with Gasteiger partial charge in [-0.3, -0.25) is 9.36 Å². The number of allylic oxidation sites excluding steroid dienone is 18. The fourth-order valence-corrected chi connectivity index (χ4v) is 6.93. The Bertz CT molecular complexity index is 1380. The third kappa shape index (κ3) is 50.2. The Kier molecular flexibility index (Phi) is 44.6. The molecule has 0 spiro atoms. The third-order valence-corrected chi connectivity index (χ3v) is 11.0. The van der Waals surface area contributed by atoms with Crippen LogP contribution in [0.25, 0.3) is 0 Å². The predicted octanol–water partition coefficient (Wildman–Crippen LogP) is 14.9. The van der Waals surface area contributed by atoms with Crippen LogP contribution in [-0.4, -0.2) is 70.7 Å². The molecule has 0 aromatic heterocycles. The highest BCUT2D eigenvalue weighted by Gasteiger charge is 2.20. The summed E-state index contributed by atoms with van der Waals surface area (Å²) in [6.45, 7) is 5.17. The lowest BCUT2D eigenvalue weighted by Gasteiger charge is -2.28. The van der Waals surface area contributed by atoms with E-state index in [4.69, 9.17) is 18.5 Å². The quantitative estimate of drug-likeness (QED) is 0.0197. The van der Waals surface area contributed by atoms with Gasteiger partial charge in [0, 0.05) is 13.0 Å². The molecule has 0 aromatic rings. The second-order valence-corrected chi connectivity index (χ2v) is 18.8. The van der Waals surface area contributed by atoms with Crippen molar-refractivity contribution >= 4 is 13.8 Å². The average Bonchev–Trinajstić information content (AvgIpc) is 3.25. The van der Waals surface area contributed by atoms with Crippen molar-refractivity contribution in [3.63, 3.8) is 0 Å². The van der Waals surface area contributed by atoms with Gasteiger partial charge in [-0.2, -0.15) is 0 Å². The number of phosphoric ester groups is 1. The Morgan fingerprint density at radius 2 is 0.906 bits per heavy atom. The number of hydrogen-bond donors (Lipinski definition) is 0. The van der Waals surface area contributed by atoms with Crippen molar-refractivity contribution in [2.45, 2.75) is 180 Å². The van der Waals surface area contributed by atoms with E-state index in [1.807, 2.05) is 21.1 Å². The first-order valence-electron chi connectivity index (χ1n) is 25.1. The van der Waals surface area contributed by atoms with Gasteiger partial charge in [-0.1, -0.05) is 175 Å². The molecular formula is C55H94NO7P. The zero-order valence-corrected chi connectivity index (χ0v) is 42.3. The van der Waals surface area contributed by atoms with Crippen molar-refractivity contribution in [1.29, 1.82) is 0 Å². The zero-order chi connectivity index (χ0) is 46.9. The number of phosphoric acid groups is 1. The Labute approximate surface area is 393 Å². The molecule has 0 bridgehead atoms. The summed E-state index contributed by atoms with van der Waals surface area (Å²) < 4.78 is 34.7. The summed E-state index contributed by atoms with van der Waals surface area (Å²) in [7, 11) is 1.31. The third-order valence-electron chi connectivity index (χ3n) is 10.1. The minimum atomic E-state index is -4.55. The molecule has 0 N–H and O–H groups in total. The maximum atomic E-state index is 12.7. The zero-order valence-electron chi connectivity index (χ0n) is 41.4. The van der Waals surface area contributed by atoms with Gasteiger partial charge in [0.05, 0.1) is 34.4 Å². The molecule has 0 saturated carbocycles. The lowest BCUT2D eigenvalue weighted by molar-refractivity contribution is -0.870. The second kappa shape index (κ2) is 46.7. The molecule has 366 valence electrons. The van der Waals surface area contributed by atoms with E-state index >= 15 is 0 Å². The monoisotopic (exact) mass is 912 g/mol. The number of quaternary nitrogens is 1. The molecule has 0 heterocycles. The first-order valence-corrected chi connectivity index (χ1v) is 26.6. The summed E-state index contributed by atoms with van der Waals surface area (Å²) in [6.07, 6.45) is 65.4. The van der Waals surface area contributed by atoms with Gasteiger partial charge in [0.1, 0.15) is 19.3 Å². The summed E-state index contributed by atoms with van der Waals surface area (Å²) in [5.41, 5.74) is 0. The lowest BCUT2D eigenvalue weighted by Crippen LogP contribution is -2.37. The van der Waals surface area contributed by atoms with Crippen LogP contribution >= 0.6 is 7.82 Å². The van der Waals surface area contributed by atoms with Crippen LogP contribution in [0.2, 0.25) is 0 Å². The normalized spacial score (nSPS) is 14.5. The molecule has 0 aliphatic carbocycles. The second-order valence-electron chi connectivity index (χ2n) is 17.4. The summed E-state index contributed by atoms with van der Waals surface area (Å²) in [6, 6.07) is 0. The number of esters is 1. The largest absolute Gasteiger partial charge is 0.756 e. The van der Waals surface area contributed by atoms with Crippen molar-refractivity contribution in [2.24, 2.45) is 0 Å². The summed E-state index contributed by atoms with van der Waals surface area (Å²) in [5.74, 6) is -0.362. The molecular weight excluding hydrogens is 818 g/mol. The maximum absolute atomic E-state index is 12.7. The molecule has 9 heteroatoms. The van der Waals surface area contributed by atoms with E-state index in [-0.39, 0.29) is 32.2 Å². The van der Waals surface area contributed by atoms with Crippen molar-refractivity contribution in [1.82, 2.24) is 0 Å². The van der Waals surface area contributed by atoms with Crippen molar-refractivity contribution in [2.75, 3.05) is 54.1 Å². The number of nitrogens with zero attached hydrogens (tertiary/aromatic N) is 1. The first kappa shape index (κ1) is 61.2. The van der Waals surface area contributed by atoms with Crippen LogP contribution in [0.4, 0.5) is 0 Å². The SMILES string of the molecule is CC/C=C\C/C=C\C/C=C\C/C=C\C/C=C\C/C=C\C/C=C\CCCCCCOCC(COP(=O)([O-])OCC[N+](C)(C)C)OC(=O)CCCCCCC/C=C\C/C=C\CCCCCC. The highest BCUT2D eigenvalue weighted by Crippen LogP contribution is 2.38. The first-order chi connectivity index (χ1) is 31.1. The molecule has 0 rings (SSSR count). The Balaban J connectivity index is 4.27. The van der Waals surface area contributed by atoms with E-state index in [1.165, 1.54) is 32.1 Å². The molecule has 64 heavy (non-hydrogen) atoms. The number of carbonyl (C=O) groups is 1. The van der Waals surface area contributed by atoms with Crippen LogP contribution in [-0.2, 0) is 27.9 Å². The van der Waals surface area contributed by atoms with Crippen molar-refractivity contribution < 1.29 is 37.3 Å². The van der Waals surface area contributed by atoms with Crippen LogP contribution in [0.5, 0.6) is 0 Å². The van der Waals surface area contributed by atoms with E-state index < -0.39 is 13.9 Å². The van der Waals surface area contributed by atoms with E-state index in [1.54, 1.807) is 0 Å². The van der Waals surface area contributed by atoms with E-state index in [9.17, 15) is 14.3 Å². The molecule has 0 fully saturated rings. The van der Waals surface area contributed by atoms with Gasteiger partial charge < -0.3 is 27.9 Å². The minimum Gasteiger partial charge on any atom is -0.756 e. The topological polar surface area (TPSA) is 94.1 Å². The van der Waals surface area contributed by atoms with E-state index in [2.05, 4.69) is 123 Å². The number of likely N-dealkylation sites (N-methyl/N-ethyl adjacent to an activating group) is 1. The van der Waals surface area contributed by atoms with Gasteiger partial charge in [-0.05, 0) is 103 Å². The lowest BCUT2D eigenvalue weighted by atomic mass is 10.1. The van der Waals surface area contributed by atoms with Crippen LogP contribution < -0.4 is 4.89 Å². The Morgan fingerprint density at radius 1 is 0.500 bits per heavy atom. The molecule has 2 atom stereocenters. The molecule has 0 saturated heterocycles. The minimum absolute atomic E-state index is 0.0113. The van der Waals surface area contributed by atoms with Gasteiger partial charge in [0.15, 0.2) is 0 Å². The van der Waals surface area contributed by atoms with Gasteiger partial charge in [0.25, 0.3) is 7.82 Å². The van der Waals surface area contributed by atoms with Crippen LogP contribution in [0.1, 0.15) is 174 Å². The fourth-order valence-electron chi connectivity index (χ4n) is 6.20. The highest BCUT2D eigenvalue weighted by atomic mass is 31.2. The molecule has 0 radical (unpaired) electrons. The summed E-state index contributed by atoms with van der Waals surface area (Å²) >= 11 is 0. The molecule has 2 unspecified atom stereocenters. The Morgan fingerprint density at radius 3 is 1.36 bits per heavy atom. The van der Waals surface area contributed by atoms with Crippen LogP contribution in [0, 0.1) is 0 Å². The molecule has 0 aromatic carbocycles. The number of unbranched alkanes of at least 4 members (excludes halogenated alkanes) is 13. The molecule has 0 aliphatic rings. The predicted molar refractivity (Wildman–Crippen MR) is 272 cm³/mol. The number of rotatable bonds is 45. The van der Waals surface area contributed by atoms with Gasteiger partial charge >= 0.3 is 5.97 Å². The van der Waals surface area contributed by atoms with Gasteiger partial charge in [-0.15, -0.1) is 0 Å². The van der Waals surface area contributed by atoms with Crippen LogP contribution in [0.3, 0.4) is 0 Å². The van der Waals surface area contributed by atoms with E-state index in [0.29, 0.717) is 17.6 Å². The standard InChI is InChI=1S/C55H94NO7P/c1-6-8-10-12-14-16-18-20-22-24-25-26-27-28-29-30-31-32-33-35-37-39-41-43-45-47-50-60-52-54(53-62-64(58,59)61-51-49-56(3,4)5)63-55(57)48-46-44-42-40-38-36-34-23-21-19-17-15-13-11-9-7-2/h8,10,14,16-17,19-20,22-23,25-26,28-29,31-32,34-35,37,54H,6-7,9,11-13,15,18,21,24,27,30,33,36,38-53H2,1-5H3/b10-8-,16-14-,19-17-,22-20-,26-25-,29-28-,32-31-,34-23-,37-35-. The summed E-state index contributed by atoms with van der Waals surface area (Å²) in [4.78, 5) is 25.1. The number of hydrogen-bond acceptors (Lipinski definition) is 7. The van der Waals surface area contributed by atoms with Gasteiger partial charge in [-0.25, -0.2) is 0 Å². The smallest absolute Gasteiger partial charge is 0.306 e. The van der Waals surface area contributed by atoms with Crippen LogP contribution in [0.15, 0.2) is 109 Å². The summed E-state index contributed by atoms with van der Waals surface area (Å²) in [5, 5.41) is 0. The Hall–Kier alpha value is -2.84. The molecule has 0 aliphatic heterocycles. The number of ether oxygens (including phenoxy) is 2. The number of carbonyl (C=O) groups excluding carboxylic acids is 1. The maximum Gasteiger partial charge on any atom is 0.306 e. The average molecular weight is 912 g/mol. The molecule has 8 nitrogen and oxygen atoms in total. The van der Waals surface area contributed by atoms with Crippen molar-refractivity contribution in [3.05, 3.63) is 109 Å². The van der Waals surface area contributed by atoms with E-state index in [0.717, 1.165) is 122 Å². The van der Waals surface area contributed by atoms with Gasteiger partial charge in [0.2, 0.25) is 0 Å². The fraction of sp³-hybridized carbons (Fsp3) is 0.655. The molecule has 0 amide bonds. The van der Waals surface area contributed by atoms with Crippen molar-refractivity contribution in [3.8, 4) is 0 Å². The highest BCUT2D eigenvalue weighted by molar-refractivity contribution is 7.45.